The van der Waals surface area contributed by atoms with Crippen LogP contribution in [0, 0.1) is 0 Å². The lowest BCUT2D eigenvalue weighted by atomic mass is 10.1. The lowest BCUT2D eigenvalue weighted by molar-refractivity contribution is 0.298. The molecule has 5 heteroatoms. The van der Waals surface area contributed by atoms with Crippen LogP contribution in [0.4, 0.5) is 0 Å². The third-order valence-corrected chi connectivity index (χ3v) is 3.71. The molecule has 0 bridgehead atoms. The molecule has 0 radical (unpaired) electrons. The minimum atomic E-state index is 0.285. The van der Waals surface area contributed by atoms with Gasteiger partial charge >= 0.3 is 0 Å². The number of rotatable bonds is 4. The van der Waals surface area contributed by atoms with Crippen LogP contribution < -0.4 is 14.8 Å². The Labute approximate surface area is 110 Å². The van der Waals surface area contributed by atoms with Gasteiger partial charge in [-0.3, -0.25) is 0 Å². The predicted octanol–water partition coefficient (Wildman–Crippen LogP) is 2.38. The highest BCUT2D eigenvalue weighted by molar-refractivity contribution is 7.09. The molecule has 1 aromatic carbocycles. The van der Waals surface area contributed by atoms with Crippen LogP contribution in [-0.4, -0.2) is 18.6 Å². The highest BCUT2D eigenvalue weighted by atomic mass is 32.1. The van der Waals surface area contributed by atoms with Crippen molar-refractivity contribution < 1.29 is 9.47 Å². The van der Waals surface area contributed by atoms with E-state index in [0.29, 0.717) is 13.2 Å². The van der Waals surface area contributed by atoms with Crippen molar-refractivity contribution in [3.05, 3.63) is 40.3 Å². The number of thiazole rings is 1. The van der Waals surface area contributed by atoms with Gasteiger partial charge in [0.2, 0.25) is 0 Å². The Morgan fingerprint density at radius 2 is 2.50 bits per heavy atom. The largest absolute Gasteiger partial charge is 0.491 e. The maximum atomic E-state index is 5.69. The zero-order valence-electron chi connectivity index (χ0n) is 10.1. The Bertz CT molecular complexity index is 528. The summed E-state index contributed by atoms with van der Waals surface area (Å²) in [5, 5.41) is 6.14. The highest BCUT2D eigenvalue weighted by Gasteiger charge is 2.22. The van der Waals surface area contributed by atoms with E-state index in [2.05, 4.69) is 16.4 Å². The molecular weight excluding hydrogens is 248 g/mol. The Morgan fingerprint density at radius 1 is 1.56 bits per heavy atom. The Balaban J connectivity index is 1.71. The second-order valence-corrected chi connectivity index (χ2v) is 5.05. The average molecular weight is 262 g/mol. The maximum Gasteiger partial charge on any atom is 0.140 e. The van der Waals surface area contributed by atoms with Gasteiger partial charge in [-0.25, -0.2) is 4.98 Å². The molecule has 0 spiro atoms. The van der Waals surface area contributed by atoms with Crippen LogP contribution in [0.15, 0.2) is 29.8 Å². The smallest absolute Gasteiger partial charge is 0.140 e. The van der Waals surface area contributed by atoms with Crippen molar-refractivity contribution in [2.75, 3.05) is 13.7 Å². The molecule has 1 N–H and O–H groups in total. The molecule has 94 valence electrons. The fraction of sp³-hybridized carbons (Fsp3) is 0.308. The van der Waals surface area contributed by atoms with Crippen molar-refractivity contribution in [3.63, 3.8) is 0 Å². The summed E-state index contributed by atoms with van der Waals surface area (Å²) in [5.41, 5.74) is 1.19. The first-order valence-corrected chi connectivity index (χ1v) is 6.70. The molecule has 0 amide bonds. The molecule has 1 aromatic heterocycles. The molecule has 0 aliphatic carbocycles. The van der Waals surface area contributed by atoms with Crippen molar-refractivity contribution in [1.82, 2.24) is 10.3 Å². The number of ether oxygens (including phenoxy) is 2. The molecule has 1 atom stereocenters. The Morgan fingerprint density at radius 3 is 3.28 bits per heavy atom. The zero-order valence-corrected chi connectivity index (χ0v) is 10.9. The van der Waals surface area contributed by atoms with Gasteiger partial charge in [0, 0.05) is 23.2 Å². The first-order valence-electron chi connectivity index (χ1n) is 5.82. The normalized spacial score (nSPS) is 17.3. The third kappa shape index (κ3) is 2.19. The number of hydrogen-bond acceptors (Lipinski definition) is 5. The van der Waals surface area contributed by atoms with Crippen LogP contribution in [0.25, 0.3) is 0 Å². The minimum Gasteiger partial charge on any atom is -0.491 e. The zero-order chi connectivity index (χ0) is 12.4. The van der Waals surface area contributed by atoms with E-state index in [9.17, 15) is 0 Å². The van der Waals surface area contributed by atoms with Gasteiger partial charge in [-0.15, -0.1) is 11.3 Å². The van der Waals surface area contributed by atoms with Gasteiger partial charge in [0.05, 0.1) is 6.04 Å². The molecular formula is C13H14N2O2S. The van der Waals surface area contributed by atoms with E-state index >= 15 is 0 Å². The minimum absolute atomic E-state index is 0.285. The van der Waals surface area contributed by atoms with E-state index in [1.54, 1.807) is 17.5 Å². The van der Waals surface area contributed by atoms with Gasteiger partial charge < -0.3 is 14.8 Å². The third-order valence-electron chi connectivity index (χ3n) is 2.96. The molecule has 0 fully saturated rings. The topological polar surface area (TPSA) is 43.4 Å². The summed E-state index contributed by atoms with van der Waals surface area (Å²) >= 11 is 1.59. The van der Waals surface area contributed by atoms with E-state index in [-0.39, 0.29) is 6.04 Å². The van der Waals surface area contributed by atoms with Gasteiger partial charge in [-0.1, -0.05) is 0 Å². The number of nitrogens with zero attached hydrogens (tertiary/aromatic N) is 1. The van der Waals surface area contributed by atoms with E-state index in [1.807, 2.05) is 24.6 Å². The maximum absolute atomic E-state index is 5.69. The van der Waals surface area contributed by atoms with E-state index in [0.717, 1.165) is 16.5 Å². The van der Waals surface area contributed by atoms with Crippen LogP contribution in [0.2, 0.25) is 0 Å². The molecule has 4 nitrogen and oxygen atoms in total. The summed E-state index contributed by atoms with van der Waals surface area (Å²) in [6.45, 7) is 1.19. The molecule has 18 heavy (non-hydrogen) atoms. The van der Waals surface area contributed by atoms with Crippen molar-refractivity contribution in [2.24, 2.45) is 0 Å². The second kappa shape index (κ2) is 4.96. The van der Waals surface area contributed by atoms with Crippen molar-refractivity contribution >= 4 is 11.3 Å². The van der Waals surface area contributed by atoms with Crippen LogP contribution >= 0.6 is 11.3 Å². The molecule has 1 aliphatic heterocycles. The molecule has 3 rings (SSSR count). The quantitative estimate of drug-likeness (QED) is 0.918. The van der Waals surface area contributed by atoms with Gasteiger partial charge in [-0.2, -0.15) is 0 Å². The van der Waals surface area contributed by atoms with Crippen molar-refractivity contribution in [1.29, 1.82) is 0 Å². The summed E-state index contributed by atoms with van der Waals surface area (Å²) in [6.07, 6.45) is 1.78. The summed E-state index contributed by atoms with van der Waals surface area (Å²) in [5.74, 6) is 1.73. The van der Waals surface area contributed by atoms with Crippen molar-refractivity contribution in [2.45, 2.75) is 12.6 Å². The monoisotopic (exact) mass is 262 g/mol. The standard InChI is InChI=1S/C13H14N2O2S/c1-14-11-7-17-12-6-9(2-3-10(11)12)16-8-13-15-4-5-18-13/h2-6,11,14H,7-8H2,1H3. The second-order valence-electron chi connectivity index (χ2n) is 4.07. The number of aromatic nitrogens is 1. The number of likely N-dealkylation sites (N-methyl/N-ethyl adjacent to an activating group) is 1. The predicted molar refractivity (Wildman–Crippen MR) is 70.2 cm³/mol. The van der Waals surface area contributed by atoms with Crippen LogP contribution in [0.3, 0.4) is 0 Å². The molecule has 0 saturated carbocycles. The van der Waals surface area contributed by atoms with Crippen LogP contribution in [0.5, 0.6) is 11.5 Å². The summed E-state index contributed by atoms with van der Waals surface area (Å²) in [4.78, 5) is 4.18. The highest BCUT2D eigenvalue weighted by Crippen LogP contribution is 2.35. The Hall–Kier alpha value is -1.59. The summed E-state index contributed by atoms with van der Waals surface area (Å²) < 4.78 is 11.3. The number of fused-ring (bicyclic) bond motifs is 1. The number of nitrogens with one attached hydrogen (secondary N) is 1. The first-order chi connectivity index (χ1) is 8.86. The van der Waals surface area contributed by atoms with E-state index in [1.165, 1.54) is 5.56 Å². The first kappa shape index (κ1) is 11.5. The van der Waals surface area contributed by atoms with Gasteiger partial charge in [0.15, 0.2) is 0 Å². The fourth-order valence-corrected chi connectivity index (χ4v) is 2.52. The lowest BCUT2D eigenvalue weighted by Gasteiger charge is -2.08. The van der Waals surface area contributed by atoms with E-state index < -0.39 is 0 Å². The SMILES string of the molecule is CNC1COc2cc(OCc3nccs3)ccc21. The molecule has 2 heterocycles. The van der Waals surface area contributed by atoms with Gasteiger partial charge in [-0.05, 0) is 19.2 Å². The lowest BCUT2D eigenvalue weighted by Crippen LogP contribution is -2.17. The summed E-state index contributed by atoms with van der Waals surface area (Å²) in [7, 11) is 1.94. The van der Waals surface area contributed by atoms with Crippen LogP contribution in [0.1, 0.15) is 16.6 Å². The van der Waals surface area contributed by atoms with Crippen LogP contribution in [-0.2, 0) is 6.61 Å². The Kier molecular flexibility index (Phi) is 3.17. The fourth-order valence-electron chi connectivity index (χ4n) is 1.99. The van der Waals surface area contributed by atoms with Gasteiger partial charge in [0.25, 0.3) is 0 Å². The molecule has 2 aromatic rings. The number of benzene rings is 1. The molecule has 1 aliphatic rings. The van der Waals surface area contributed by atoms with Gasteiger partial charge in [0.1, 0.15) is 29.7 Å². The number of hydrogen-bond donors (Lipinski definition) is 1. The van der Waals surface area contributed by atoms with Crippen molar-refractivity contribution in [3.8, 4) is 11.5 Å². The average Bonchev–Trinajstić information content (AvgIpc) is 3.05. The molecule has 0 saturated heterocycles. The molecule has 1 unspecified atom stereocenters. The summed E-state index contributed by atoms with van der Waals surface area (Å²) in [6, 6.07) is 6.26. The van der Waals surface area contributed by atoms with E-state index in [4.69, 9.17) is 9.47 Å².